The number of piperazine rings is 1. The maximum Gasteiger partial charge on any atom is 0.237 e. The van der Waals surface area contributed by atoms with E-state index in [2.05, 4.69) is 27.0 Å². The highest BCUT2D eigenvalue weighted by Gasteiger charge is 2.24. The van der Waals surface area contributed by atoms with E-state index in [-0.39, 0.29) is 18.1 Å². The summed E-state index contributed by atoms with van der Waals surface area (Å²) in [6.07, 6.45) is 4.79. The summed E-state index contributed by atoms with van der Waals surface area (Å²) >= 11 is 8.17. The predicted octanol–water partition coefficient (Wildman–Crippen LogP) is 3.69. The molecule has 2 unspecified atom stereocenters. The zero-order valence-electron chi connectivity index (χ0n) is 18.0. The summed E-state index contributed by atoms with van der Waals surface area (Å²) in [5.74, 6) is 0.947. The van der Waals surface area contributed by atoms with Gasteiger partial charge in [0.25, 0.3) is 0 Å². The second-order valence-electron chi connectivity index (χ2n) is 8.47. The van der Waals surface area contributed by atoms with Crippen LogP contribution in [0.2, 0.25) is 5.02 Å². The summed E-state index contributed by atoms with van der Waals surface area (Å²) in [4.78, 5) is 17.9. The van der Waals surface area contributed by atoms with E-state index in [0.29, 0.717) is 18.0 Å². The minimum atomic E-state index is -0.202. The number of aryl methyl sites for hydroxylation is 1. The van der Waals surface area contributed by atoms with Crippen LogP contribution in [0.15, 0.2) is 30.5 Å². The van der Waals surface area contributed by atoms with E-state index in [0.717, 1.165) is 70.0 Å². The van der Waals surface area contributed by atoms with Gasteiger partial charge in [-0.05, 0) is 56.1 Å². The molecule has 2 fully saturated rings. The number of hydrogen-bond acceptors (Lipinski definition) is 6. The number of carbonyl (C=O) groups is 1. The standard InChI is InChI=1S/C24H27ClN4O2S/c1-14-9-15(25)10-19(22(14)31-16-3-2-5-26-13-16)18-4-6-27-20-11-17(32-23(18)20)12-21-24(30)29-8-7-28-21/h4,6,9-11,16,21,26,28H,2-3,5,7-8,12-13H2,1H3,(H,29,30). The van der Waals surface area contributed by atoms with Gasteiger partial charge in [-0.1, -0.05) is 11.6 Å². The van der Waals surface area contributed by atoms with Crippen LogP contribution in [0.3, 0.4) is 0 Å². The van der Waals surface area contributed by atoms with Crippen molar-refractivity contribution in [2.24, 2.45) is 0 Å². The molecule has 2 aliphatic heterocycles. The van der Waals surface area contributed by atoms with Gasteiger partial charge in [0.1, 0.15) is 11.9 Å². The number of aromatic nitrogens is 1. The van der Waals surface area contributed by atoms with E-state index < -0.39 is 0 Å². The summed E-state index contributed by atoms with van der Waals surface area (Å²) in [6, 6.07) is 7.87. The van der Waals surface area contributed by atoms with E-state index in [1.165, 1.54) is 0 Å². The number of benzene rings is 1. The molecule has 2 saturated heterocycles. The molecule has 4 heterocycles. The quantitative estimate of drug-likeness (QED) is 0.530. The van der Waals surface area contributed by atoms with Gasteiger partial charge in [0.2, 0.25) is 5.91 Å². The van der Waals surface area contributed by atoms with Crippen LogP contribution in [0, 0.1) is 6.92 Å². The summed E-state index contributed by atoms with van der Waals surface area (Å²) in [7, 11) is 0. The maximum absolute atomic E-state index is 12.2. The summed E-state index contributed by atoms with van der Waals surface area (Å²) in [5.41, 5.74) is 4.02. The van der Waals surface area contributed by atoms with Crippen molar-refractivity contribution < 1.29 is 9.53 Å². The number of thiophene rings is 1. The SMILES string of the molecule is Cc1cc(Cl)cc(-c2ccnc3cc(CC4NCCNC4=O)sc23)c1OC1CCCNC1. The smallest absolute Gasteiger partial charge is 0.237 e. The van der Waals surface area contributed by atoms with Crippen LogP contribution in [0.4, 0.5) is 0 Å². The molecule has 6 nitrogen and oxygen atoms in total. The fourth-order valence-electron chi connectivity index (χ4n) is 4.49. The number of carbonyl (C=O) groups excluding carboxylic acids is 1. The number of amides is 1. The van der Waals surface area contributed by atoms with Gasteiger partial charge in [0.05, 0.1) is 16.3 Å². The van der Waals surface area contributed by atoms with Crippen LogP contribution >= 0.6 is 22.9 Å². The Kier molecular flexibility index (Phi) is 6.33. The molecule has 2 aromatic heterocycles. The number of nitrogens with zero attached hydrogens (tertiary/aromatic N) is 1. The lowest BCUT2D eigenvalue weighted by Crippen LogP contribution is -2.53. The fraction of sp³-hybridized carbons (Fsp3) is 0.417. The molecule has 0 spiro atoms. The molecule has 168 valence electrons. The first kappa shape index (κ1) is 21.6. The Morgan fingerprint density at radius 3 is 2.94 bits per heavy atom. The predicted molar refractivity (Wildman–Crippen MR) is 130 cm³/mol. The number of hydrogen-bond donors (Lipinski definition) is 3. The minimum absolute atomic E-state index is 0.0594. The Balaban J connectivity index is 1.52. The molecule has 1 aromatic carbocycles. The zero-order chi connectivity index (χ0) is 22.1. The topological polar surface area (TPSA) is 75.3 Å². The molecule has 3 N–H and O–H groups in total. The third-order valence-electron chi connectivity index (χ3n) is 6.07. The van der Waals surface area contributed by atoms with Crippen molar-refractivity contribution >= 4 is 39.1 Å². The molecule has 2 aliphatic rings. The van der Waals surface area contributed by atoms with Crippen molar-refractivity contribution in [2.45, 2.75) is 38.3 Å². The van der Waals surface area contributed by atoms with Gasteiger partial charge in [0, 0.05) is 53.3 Å². The molecule has 2 atom stereocenters. The molecule has 5 rings (SSSR count). The lowest BCUT2D eigenvalue weighted by atomic mass is 10.0. The van der Waals surface area contributed by atoms with Crippen LogP contribution in [-0.2, 0) is 11.2 Å². The fourth-order valence-corrected chi connectivity index (χ4v) is 5.95. The second-order valence-corrected chi connectivity index (χ2v) is 10.0. The second kappa shape index (κ2) is 9.35. The van der Waals surface area contributed by atoms with Crippen LogP contribution in [0.1, 0.15) is 23.3 Å². The van der Waals surface area contributed by atoms with Crippen molar-refractivity contribution in [3.05, 3.63) is 45.9 Å². The Morgan fingerprint density at radius 1 is 1.22 bits per heavy atom. The largest absolute Gasteiger partial charge is 0.488 e. The lowest BCUT2D eigenvalue weighted by molar-refractivity contribution is -0.124. The first-order chi connectivity index (χ1) is 15.6. The normalized spacial score (nSPS) is 21.5. The molecule has 32 heavy (non-hydrogen) atoms. The van der Waals surface area contributed by atoms with Gasteiger partial charge in [-0.2, -0.15) is 0 Å². The Labute approximate surface area is 196 Å². The Hall–Kier alpha value is -2.19. The molecule has 8 heteroatoms. The molecule has 0 saturated carbocycles. The maximum atomic E-state index is 12.2. The lowest BCUT2D eigenvalue weighted by Gasteiger charge is -2.26. The first-order valence-corrected chi connectivity index (χ1v) is 12.3. The van der Waals surface area contributed by atoms with E-state index in [9.17, 15) is 4.79 Å². The Bertz CT molecular complexity index is 1140. The van der Waals surface area contributed by atoms with Crippen LogP contribution in [0.25, 0.3) is 21.3 Å². The number of pyridine rings is 1. The van der Waals surface area contributed by atoms with Gasteiger partial charge >= 0.3 is 0 Å². The van der Waals surface area contributed by atoms with Crippen molar-refractivity contribution in [3.8, 4) is 16.9 Å². The highest BCUT2D eigenvalue weighted by Crippen LogP contribution is 2.42. The van der Waals surface area contributed by atoms with Crippen LogP contribution in [0.5, 0.6) is 5.75 Å². The minimum Gasteiger partial charge on any atom is -0.488 e. The van der Waals surface area contributed by atoms with Crippen LogP contribution in [-0.4, -0.2) is 49.2 Å². The van der Waals surface area contributed by atoms with Crippen LogP contribution < -0.4 is 20.7 Å². The highest BCUT2D eigenvalue weighted by atomic mass is 35.5. The summed E-state index contributed by atoms with van der Waals surface area (Å²) in [5, 5.41) is 10.4. The summed E-state index contributed by atoms with van der Waals surface area (Å²) in [6.45, 7) is 5.42. The average Bonchev–Trinajstić information content (AvgIpc) is 3.20. The molecule has 0 bridgehead atoms. The molecular weight excluding hydrogens is 444 g/mol. The van der Waals surface area contributed by atoms with Crippen molar-refractivity contribution in [3.63, 3.8) is 0 Å². The third-order valence-corrected chi connectivity index (χ3v) is 7.46. The van der Waals surface area contributed by atoms with Gasteiger partial charge in [0.15, 0.2) is 0 Å². The average molecular weight is 471 g/mol. The molecule has 1 amide bonds. The van der Waals surface area contributed by atoms with Gasteiger partial charge in [-0.25, -0.2) is 0 Å². The Morgan fingerprint density at radius 2 is 2.12 bits per heavy atom. The summed E-state index contributed by atoms with van der Waals surface area (Å²) < 4.78 is 7.61. The number of rotatable bonds is 5. The van der Waals surface area contributed by atoms with Crippen molar-refractivity contribution in [1.82, 2.24) is 20.9 Å². The third kappa shape index (κ3) is 4.48. The van der Waals surface area contributed by atoms with E-state index in [1.54, 1.807) is 11.3 Å². The monoisotopic (exact) mass is 470 g/mol. The number of piperidine rings is 1. The first-order valence-electron chi connectivity index (χ1n) is 11.1. The van der Waals surface area contributed by atoms with E-state index >= 15 is 0 Å². The van der Waals surface area contributed by atoms with Gasteiger partial charge in [-0.3, -0.25) is 9.78 Å². The van der Waals surface area contributed by atoms with Gasteiger partial charge < -0.3 is 20.7 Å². The number of halogens is 1. The molecule has 0 aliphatic carbocycles. The van der Waals surface area contributed by atoms with Gasteiger partial charge in [-0.15, -0.1) is 11.3 Å². The van der Waals surface area contributed by atoms with E-state index in [4.69, 9.17) is 16.3 Å². The van der Waals surface area contributed by atoms with E-state index in [1.807, 2.05) is 31.3 Å². The zero-order valence-corrected chi connectivity index (χ0v) is 19.6. The highest BCUT2D eigenvalue weighted by molar-refractivity contribution is 7.19. The number of nitrogens with one attached hydrogen (secondary N) is 3. The van der Waals surface area contributed by atoms with Crippen molar-refractivity contribution in [2.75, 3.05) is 26.2 Å². The number of ether oxygens (including phenoxy) is 1. The molecule has 0 radical (unpaired) electrons. The van der Waals surface area contributed by atoms with Crippen molar-refractivity contribution in [1.29, 1.82) is 0 Å². The molecule has 3 aromatic rings. The molecular formula is C24H27ClN4O2S. The number of fused-ring (bicyclic) bond motifs is 1.